The Bertz CT molecular complexity index is 447. The molecule has 0 aliphatic heterocycles. The molecule has 0 unspecified atom stereocenters. The number of nitrogens with one attached hydrogen (secondary N) is 2. The van der Waals surface area contributed by atoms with Crippen molar-refractivity contribution in [1.82, 2.24) is 4.98 Å². The molecule has 2 aromatic rings. The Morgan fingerprint density at radius 3 is 2.79 bits per heavy atom. The average Bonchev–Trinajstić information content (AvgIpc) is 2.48. The zero-order chi connectivity index (χ0) is 9.26. The van der Waals surface area contributed by atoms with Crippen LogP contribution in [0.25, 0.3) is 10.9 Å². The molecule has 0 radical (unpaired) electrons. The van der Waals surface area contributed by atoms with Crippen LogP contribution in [0.4, 0.5) is 0 Å². The highest BCUT2D eigenvalue weighted by molar-refractivity contribution is 5.89. The Morgan fingerprint density at radius 2 is 2.07 bits per heavy atom. The molecule has 4 heteroatoms. The molecular formula is C10H12ClN3. The minimum Gasteiger partial charge on any atom is -0.387 e. The van der Waals surface area contributed by atoms with Gasteiger partial charge in [-0.15, -0.1) is 12.4 Å². The van der Waals surface area contributed by atoms with Crippen LogP contribution >= 0.6 is 12.4 Å². The minimum atomic E-state index is 0. The van der Waals surface area contributed by atoms with Crippen LogP contribution in [0.15, 0.2) is 30.5 Å². The van der Waals surface area contributed by atoms with E-state index in [9.17, 15) is 0 Å². The van der Waals surface area contributed by atoms with Crippen LogP contribution < -0.4 is 5.73 Å². The number of H-pyrrole nitrogens is 1. The van der Waals surface area contributed by atoms with Crippen molar-refractivity contribution in [2.75, 3.05) is 0 Å². The van der Waals surface area contributed by atoms with E-state index in [1.807, 2.05) is 30.5 Å². The Hall–Kier alpha value is -1.48. The summed E-state index contributed by atoms with van der Waals surface area (Å²) in [6, 6.07) is 8.01. The van der Waals surface area contributed by atoms with Crippen molar-refractivity contribution in [1.29, 1.82) is 5.41 Å². The maximum atomic E-state index is 7.21. The quantitative estimate of drug-likeness (QED) is 0.515. The molecule has 2 rings (SSSR count). The predicted octanol–water partition coefficient (Wildman–Crippen LogP) is 2.07. The summed E-state index contributed by atoms with van der Waals surface area (Å²) < 4.78 is 0. The molecule has 1 aromatic heterocycles. The summed E-state index contributed by atoms with van der Waals surface area (Å²) in [4.78, 5) is 3.14. The van der Waals surface area contributed by atoms with Crippen LogP contribution in [-0.2, 0) is 6.42 Å². The van der Waals surface area contributed by atoms with E-state index in [2.05, 4.69) is 4.98 Å². The van der Waals surface area contributed by atoms with Crippen molar-refractivity contribution < 1.29 is 0 Å². The number of fused-ring (bicyclic) bond motifs is 1. The molecule has 1 heterocycles. The first-order valence-electron chi connectivity index (χ1n) is 4.15. The standard InChI is InChI=1S/C10H11N3.ClH/c11-10(12)5-7-6-13-9-4-2-1-3-8(7)9;/h1-4,6,13H,5H2,(H3,11,12);1H. The zero-order valence-electron chi connectivity index (χ0n) is 7.58. The molecule has 1 aromatic carbocycles. The SMILES string of the molecule is Cl.N=C(N)Cc1c[nH]c2ccccc12. The van der Waals surface area contributed by atoms with Crippen molar-refractivity contribution in [2.45, 2.75) is 6.42 Å². The zero-order valence-corrected chi connectivity index (χ0v) is 8.40. The van der Waals surface area contributed by atoms with Gasteiger partial charge in [0.15, 0.2) is 0 Å². The number of aromatic nitrogens is 1. The van der Waals surface area contributed by atoms with Gasteiger partial charge in [0.1, 0.15) is 0 Å². The predicted molar refractivity (Wildman–Crippen MR) is 61.2 cm³/mol. The van der Waals surface area contributed by atoms with Crippen molar-refractivity contribution >= 4 is 29.1 Å². The van der Waals surface area contributed by atoms with E-state index in [0.29, 0.717) is 6.42 Å². The third kappa shape index (κ3) is 1.88. The number of para-hydroxylation sites is 1. The summed E-state index contributed by atoms with van der Waals surface area (Å²) in [5.74, 6) is 0.199. The first kappa shape index (κ1) is 10.6. The van der Waals surface area contributed by atoms with Gasteiger partial charge in [-0.1, -0.05) is 18.2 Å². The summed E-state index contributed by atoms with van der Waals surface area (Å²) >= 11 is 0. The van der Waals surface area contributed by atoms with Gasteiger partial charge in [-0.25, -0.2) is 0 Å². The molecular weight excluding hydrogens is 198 g/mol. The second-order valence-electron chi connectivity index (χ2n) is 3.06. The lowest BCUT2D eigenvalue weighted by Crippen LogP contribution is -2.12. The number of nitrogens with two attached hydrogens (primary N) is 1. The van der Waals surface area contributed by atoms with Gasteiger partial charge >= 0.3 is 0 Å². The highest BCUT2D eigenvalue weighted by atomic mass is 35.5. The molecule has 14 heavy (non-hydrogen) atoms. The van der Waals surface area contributed by atoms with Crippen LogP contribution in [0.5, 0.6) is 0 Å². The lowest BCUT2D eigenvalue weighted by atomic mass is 10.1. The fraction of sp³-hybridized carbons (Fsp3) is 0.100. The molecule has 0 fully saturated rings. The van der Waals surface area contributed by atoms with Crippen LogP contribution in [0, 0.1) is 5.41 Å². The van der Waals surface area contributed by atoms with Gasteiger partial charge in [0.25, 0.3) is 0 Å². The summed E-state index contributed by atoms with van der Waals surface area (Å²) in [6.45, 7) is 0. The van der Waals surface area contributed by atoms with Gasteiger partial charge in [0.2, 0.25) is 0 Å². The van der Waals surface area contributed by atoms with Gasteiger partial charge in [-0.05, 0) is 11.6 Å². The third-order valence-electron chi connectivity index (χ3n) is 2.06. The number of benzene rings is 1. The van der Waals surface area contributed by atoms with E-state index in [4.69, 9.17) is 11.1 Å². The minimum absolute atomic E-state index is 0. The molecule has 0 saturated heterocycles. The molecule has 0 amide bonds. The normalized spacial score (nSPS) is 9.71. The van der Waals surface area contributed by atoms with Crippen molar-refractivity contribution in [2.24, 2.45) is 5.73 Å². The monoisotopic (exact) mass is 209 g/mol. The topological polar surface area (TPSA) is 65.7 Å². The Morgan fingerprint density at radius 1 is 1.36 bits per heavy atom. The van der Waals surface area contributed by atoms with Crippen LogP contribution in [0.1, 0.15) is 5.56 Å². The maximum Gasteiger partial charge on any atom is 0.0950 e. The third-order valence-corrected chi connectivity index (χ3v) is 2.06. The summed E-state index contributed by atoms with van der Waals surface area (Å²) in [5.41, 5.74) is 7.53. The van der Waals surface area contributed by atoms with Crippen LogP contribution in [0.3, 0.4) is 0 Å². The first-order chi connectivity index (χ1) is 6.27. The molecule has 3 nitrogen and oxygen atoms in total. The molecule has 0 aliphatic rings. The van der Waals surface area contributed by atoms with Crippen molar-refractivity contribution in [3.63, 3.8) is 0 Å². The molecule has 0 aliphatic carbocycles. The number of rotatable bonds is 2. The maximum absolute atomic E-state index is 7.21. The summed E-state index contributed by atoms with van der Waals surface area (Å²) in [5, 5.41) is 8.36. The number of hydrogen-bond acceptors (Lipinski definition) is 1. The molecule has 4 N–H and O–H groups in total. The average molecular weight is 210 g/mol. The van der Waals surface area contributed by atoms with Gasteiger partial charge in [0.05, 0.1) is 5.84 Å². The Labute approximate surface area is 88.2 Å². The van der Waals surface area contributed by atoms with Crippen molar-refractivity contribution in [3.8, 4) is 0 Å². The second kappa shape index (κ2) is 4.15. The Balaban J connectivity index is 0.000000980. The van der Waals surface area contributed by atoms with E-state index < -0.39 is 0 Å². The van der Waals surface area contributed by atoms with Crippen LogP contribution in [0.2, 0.25) is 0 Å². The van der Waals surface area contributed by atoms with Gasteiger partial charge in [-0.2, -0.15) is 0 Å². The van der Waals surface area contributed by atoms with E-state index in [1.54, 1.807) is 0 Å². The highest BCUT2D eigenvalue weighted by Crippen LogP contribution is 2.17. The molecule has 0 spiro atoms. The van der Waals surface area contributed by atoms with Gasteiger partial charge in [-0.3, -0.25) is 5.41 Å². The van der Waals surface area contributed by atoms with Gasteiger partial charge < -0.3 is 10.7 Å². The molecule has 0 atom stereocenters. The van der Waals surface area contributed by atoms with E-state index in [-0.39, 0.29) is 18.2 Å². The number of hydrogen-bond donors (Lipinski definition) is 3. The van der Waals surface area contributed by atoms with E-state index in [1.165, 1.54) is 0 Å². The molecule has 0 bridgehead atoms. The first-order valence-corrected chi connectivity index (χ1v) is 4.15. The molecule has 0 saturated carbocycles. The van der Waals surface area contributed by atoms with Crippen LogP contribution in [-0.4, -0.2) is 10.8 Å². The number of aromatic amines is 1. The summed E-state index contributed by atoms with van der Waals surface area (Å²) in [6.07, 6.45) is 2.43. The lowest BCUT2D eigenvalue weighted by molar-refractivity contribution is 1.26. The smallest absolute Gasteiger partial charge is 0.0950 e. The fourth-order valence-corrected chi connectivity index (χ4v) is 1.48. The Kier molecular flexibility index (Phi) is 3.14. The fourth-order valence-electron chi connectivity index (χ4n) is 1.48. The van der Waals surface area contributed by atoms with E-state index in [0.717, 1.165) is 16.5 Å². The summed E-state index contributed by atoms with van der Waals surface area (Å²) in [7, 11) is 0. The number of halogens is 1. The van der Waals surface area contributed by atoms with E-state index >= 15 is 0 Å². The lowest BCUT2D eigenvalue weighted by Gasteiger charge is -1.95. The van der Waals surface area contributed by atoms with Gasteiger partial charge in [0, 0.05) is 23.5 Å². The molecule has 74 valence electrons. The number of amidine groups is 1. The van der Waals surface area contributed by atoms with Crippen molar-refractivity contribution in [3.05, 3.63) is 36.0 Å². The highest BCUT2D eigenvalue weighted by Gasteiger charge is 2.02. The largest absolute Gasteiger partial charge is 0.387 e. The second-order valence-corrected chi connectivity index (χ2v) is 3.06.